The Hall–Kier alpha value is -2.55. The molecule has 2 heterocycles. The molecule has 0 unspecified atom stereocenters. The van der Waals surface area contributed by atoms with Gasteiger partial charge in [-0.2, -0.15) is 0 Å². The van der Waals surface area contributed by atoms with E-state index >= 15 is 0 Å². The molecule has 2 aromatic carbocycles. The van der Waals surface area contributed by atoms with Crippen LogP contribution in [0.1, 0.15) is 21.6 Å². The second-order valence-corrected chi connectivity index (χ2v) is 5.84. The quantitative estimate of drug-likeness (QED) is 0.674. The van der Waals surface area contributed by atoms with Crippen molar-refractivity contribution in [1.82, 2.24) is 9.47 Å². The van der Waals surface area contributed by atoms with Gasteiger partial charge in [0.15, 0.2) is 0 Å². The highest BCUT2D eigenvalue weighted by Gasteiger charge is 2.25. The van der Waals surface area contributed by atoms with Crippen molar-refractivity contribution in [2.24, 2.45) is 7.05 Å². The smallest absolute Gasteiger partial charge is 0.254 e. The van der Waals surface area contributed by atoms with Crippen LogP contribution in [-0.4, -0.2) is 21.9 Å². The van der Waals surface area contributed by atoms with E-state index in [-0.39, 0.29) is 5.91 Å². The standard InChI is InChI=1S/C19H18N2O/c1-20-17-10-6-5-9-15(17)16-13-21(12-11-18(16)20)19(22)14-7-3-2-4-8-14/h2-10H,11-13H2,1H3. The van der Waals surface area contributed by atoms with Gasteiger partial charge in [0.2, 0.25) is 0 Å². The predicted molar refractivity (Wildman–Crippen MR) is 87.8 cm³/mol. The SMILES string of the molecule is Cn1c2c(c3ccccc31)CN(C(=O)c1ccccc1)CC2. The molecule has 0 N–H and O–H groups in total. The second kappa shape index (κ2) is 5.02. The number of rotatable bonds is 1. The van der Waals surface area contributed by atoms with E-state index in [0.717, 1.165) is 18.5 Å². The molecule has 22 heavy (non-hydrogen) atoms. The third-order valence-corrected chi connectivity index (χ3v) is 4.62. The zero-order chi connectivity index (χ0) is 15.1. The molecule has 1 aliphatic rings. The Morgan fingerprint density at radius 1 is 1.00 bits per heavy atom. The summed E-state index contributed by atoms with van der Waals surface area (Å²) in [5.74, 6) is 0.124. The minimum absolute atomic E-state index is 0.124. The van der Waals surface area contributed by atoms with Gasteiger partial charge in [0.05, 0.1) is 0 Å². The zero-order valence-electron chi connectivity index (χ0n) is 12.6. The molecule has 1 aliphatic heterocycles. The largest absolute Gasteiger partial charge is 0.347 e. The van der Waals surface area contributed by atoms with E-state index < -0.39 is 0 Å². The first kappa shape index (κ1) is 13.1. The lowest BCUT2D eigenvalue weighted by Gasteiger charge is -2.28. The van der Waals surface area contributed by atoms with E-state index in [4.69, 9.17) is 0 Å². The van der Waals surface area contributed by atoms with E-state index in [1.165, 1.54) is 22.2 Å². The highest BCUT2D eigenvalue weighted by molar-refractivity contribution is 5.95. The monoisotopic (exact) mass is 290 g/mol. The molecular weight excluding hydrogens is 272 g/mol. The number of para-hydroxylation sites is 1. The van der Waals surface area contributed by atoms with Gasteiger partial charge in [-0.15, -0.1) is 0 Å². The van der Waals surface area contributed by atoms with Crippen LogP contribution in [0.25, 0.3) is 10.9 Å². The van der Waals surface area contributed by atoms with E-state index in [9.17, 15) is 4.79 Å². The van der Waals surface area contributed by atoms with Crippen molar-refractivity contribution < 1.29 is 4.79 Å². The number of aryl methyl sites for hydroxylation is 1. The van der Waals surface area contributed by atoms with Gasteiger partial charge >= 0.3 is 0 Å². The number of aromatic nitrogens is 1. The van der Waals surface area contributed by atoms with Crippen molar-refractivity contribution in [2.75, 3.05) is 6.54 Å². The summed E-state index contributed by atoms with van der Waals surface area (Å²) in [6.45, 7) is 1.48. The fourth-order valence-corrected chi connectivity index (χ4v) is 3.47. The van der Waals surface area contributed by atoms with E-state index in [1.54, 1.807) is 0 Å². The number of amides is 1. The fourth-order valence-electron chi connectivity index (χ4n) is 3.47. The highest BCUT2D eigenvalue weighted by Crippen LogP contribution is 2.30. The lowest BCUT2D eigenvalue weighted by Crippen LogP contribution is -2.36. The maximum Gasteiger partial charge on any atom is 0.254 e. The van der Waals surface area contributed by atoms with Gasteiger partial charge in [-0.25, -0.2) is 0 Å². The maximum atomic E-state index is 12.7. The molecule has 0 saturated heterocycles. The Labute approximate surface area is 129 Å². The van der Waals surface area contributed by atoms with Crippen LogP contribution < -0.4 is 0 Å². The molecule has 0 radical (unpaired) electrons. The average Bonchev–Trinajstić information content (AvgIpc) is 2.88. The Bertz CT molecular complexity index is 849. The topological polar surface area (TPSA) is 25.2 Å². The molecule has 1 aromatic heterocycles. The summed E-state index contributed by atoms with van der Waals surface area (Å²) in [5.41, 5.74) is 4.68. The second-order valence-electron chi connectivity index (χ2n) is 5.84. The van der Waals surface area contributed by atoms with E-state index in [2.05, 4.69) is 35.9 Å². The Kier molecular flexibility index (Phi) is 3.00. The molecule has 4 rings (SSSR count). The lowest BCUT2D eigenvalue weighted by atomic mass is 10.0. The lowest BCUT2D eigenvalue weighted by molar-refractivity contribution is 0.0734. The van der Waals surface area contributed by atoms with Crippen LogP contribution in [0, 0.1) is 0 Å². The number of hydrogen-bond donors (Lipinski definition) is 0. The highest BCUT2D eigenvalue weighted by atomic mass is 16.2. The molecule has 0 spiro atoms. The van der Waals surface area contributed by atoms with Gasteiger partial charge in [-0.05, 0) is 18.2 Å². The maximum absolute atomic E-state index is 12.7. The van der Waals surface area contributed by atoms with Crippen molar-refractivity contribution in [3.05, 3.63) is 71.4 Å². The van der Waals surface area contributed by atoms with Crippen LogP contribution in [0.5, 0.6) is 0 Å². The van der Waals surface area contributed by atoms with Crippen LogP contribution in [-0.2, 0) is 20.0 Å². The molecule has 0 atom stereocenters. The molecular formula is C19H18N2O. The van der Waals surface area contributed by atoms with Crippen LogP contribution in [0.15, 0.2) is 54.6 Å². The molecule has 3 aromatic rings. The first-order chi connectivity index (χ1) is 10.8. The van der Waals surface area contributed by atoms with E-state index in [1.807, 2.05) is 35.2 Å². The molecule has 3 nitrogen and oxygen atoms in total. The third kappa shape index (κ3) is 1.93. The predicted octanol–water partition coefficient (Wildman–Crippen LogP) is 3.38. The number of nitrogens with zero attached hydrogens (tertiary/aromatic N) is 2. The number of hydrogen-bond acceptors (Lipinski definition) is 1. The summed E-state index contributed by atoms with van der Waals surface area (Å²) in [7, 11) is 2.12. The van der Waals surface area contributed by atoms with Crippen LogP contribution in [0.2, 0.25) is 0 Å². The first-order valence-electron chi connectivity index (χ1n) is 7.65. The zero-order valence-corrected chi connectivity index (χ0v) is 12.6. The minimum atomic E-state index is 0.124. The van der Waals surface area contributed by atoms with Gasteiger partial charge in [-0.1, -0.05) is 36.4 Å². The Balaban J connectivity index is 1.73. The molecule has 0 aliphatic carbocycles. The van der Waals surface area contributed by atoms with Crippen molar-refractivity contribution in [3.63, 3.8) is 0 Å². The molecule has 0 fully saturated rings. The normalized spacial score (nSPS) is 14.1. The van der Waals surface area contributed by atoms with Crippen LogP contribution in [0.3, 0.4) is 0 Å². The van der Waals surface area contributed by atoms with Gasteiger partial charge in [0.25, 0.3) is 5.91 Å². The molecule has 0 saturated carbocycles. The number of carbonyl (C=O) groups excluding carboxylic acids is 1. The van der Waals surface area contributed by atoms with Crippen molar-refractivity contribution in [3.8, 4) is 0 Å². The summed E-state index contributed by atoms with van der Waals surface area (Å²) in [5, 5.41) is 1.27. The Morgan fingerprint density at radius 3 is 2.55 bits per heavy atom. The summed E-state index contributed by atoms with van der Waals surface area (Å²) in [6, 6.07) is 18.0. The van der Waals surface area contributed by atoms with Crippen molar-refractivity contribution >= 4 is 16.8 Å². The minimum Gasteiger partial charge on any atom is -0.347 e. The molecule has 1 amide bonds. The summed E-state index contributed by atoms with van der Waals surface area (Å²) < 4.78 is 2.27. The van der Waals surface area contributed by atoms with Gasteiger partial charge in [0, 0.05) is 54.3 Å². The van der Waals surface area contributed by atoms with Crippen LogP contribution >= 0.6 is 0 Å². The fraction of sp³-hybridized carbons (Fsp3) is 0.211. The summed E-state index contributed by atoms with van der Waals surface area (Å²) in [4.78, 5) is 14.6. The molecule has 110 valence electrons. The summed E-state index contributed by atoms with van der Waals surface area (Å²) in [6.07, 6.45) is 0.916. The Morgan fingerprint density at radius 2 is 1.73 bits per heavy atom. The first-order valence-corrected chi connectivity index (χ1v) is 7.65. The van der Waals surface area contributed by atoms with Gasteiger partial charge in [0.1, 0.15) is 0 Å². The number of carbonyl (C=O) groups is 1. The molecule has 3 heteroatoms. The average molecular weight is 290 g/mol. The number of benzene rings is 2. The van der Waals surface area contributed by atoms with Crippen LogP contribution in [0.4, 0.5) is 0 Å². The van der Waals surface area contributed by atoms with Crippen molar-refractivity contribution in [2.45, 2.75) is 13.0 Å². The van der Waals surface area contributed by atoms with E-state index in [0.29, 0.717) is 6.54 Å². The summed E-state index contributed by atoms with van der Waals surface area (Å²) >= 11 is 0. The molecule has 0 bridgehead atoms. The number of fused-ring (bicyclic) bond motifs is 3. The van der Waals surface area contributed by atoms with Crippen molar-refractivity contribution in [1.29, 1.82) is 0 Å². The van der Waals surface area contributed by atoms with Gasteiger partial charge in [-0.3, -0.25) is 4.79 Å². The van der Waals surface area contributed by atoms with Gasteiger partial charge < -0.3 is 9.47 Å². The third-order valence-electron chi connectivity index (χ3n) is 4.62.